The molecule has 5 heterocycles. The summed E-state index contributed by atoms with van der Waals surface area (Å²) >= 11 is 1.40. The van der Waals surface area contributed by atoms with Crippen LogP contribution in [-0.2, 0) is 43.3 Å². The van der Waals surface area contributed by atoms with Crippen molar-refractivity contribution in [2.24, 2.45) is 22.0 Å². The summed E-state index contributed by atoms with van der Waals surface area (Å²) < 4.78 is 20.5. The van der Waals surface area contributed by atoms with Gasteiger partial charge in [-0.2, -0.15) is 5.10 Å². The molecule has 3 amide bonds. The van der Waals surface area contributed by atoms with Crippen molar-refractivity contribution >= 4 is 62.3 Å². The van der Waals surface area contributed by atoms with Crippen molar-refractivity contribution in [1.29, 1.82) is 0 Å². The third kappa shape index (κ3) is 9.35. The summed E-state index contributed by atoms with van der Waals surface area (Å²) in [4.78, 5) is 76.1. The molecule has 6 aliphatic rings. The number of amides is 3. The van der Waals surface area contributed by atoms with Crippen LogP contribution in [-0.4, -0.2) is 149 Å². The lowest BCUT2D eigenvalue weighted by Gasteiger charge is -2.46. The fraction of sp³-hybridized carbons (Fsp3) is 0.500. The molecule has 4 unspecified atom stereocenters. The number of benzene rings is 2. The number of primary amides is 1. The topological polar surface area (TPSA) is 302 Å². The van der Waals surface area contributed by atoms with Crippen molar-refractivity contribution in [1.82, 2.24) is 24.6 Å². The molecular formula is C52H60N8O13S. The molecule has 21 nitrogen and oxygen atoms in total. The second-order valence-corrected chi connectivity index (χ2v) is 22.5. The molecule has 22 heteroatoms. The maximum Gasteiger partial charge on any atom is 0.409 e. The number of carboxylic acids is 2. The van der Waals surface area contributed by atoms with E-state index in [9.17, 15) is 49.5 Å². The Bertz CT molecular complexity index is 3020. The normalized spacial score (nSPS) is 28.8. The van der Waals surface area contributed by atoms with Crippen LogP contribution in [0, 0.1) is 23.2 Å². The van der Waals surface area contributed by atoms with Gasteiger partial charge in [-0.1, -0.05) is 49.4 Å². The van der Waals surface area contributed by atoms with E-state index in [1.165, 1.54) is 16.2 Å². The highest BCUT2D eigenvalue weighted by molar-refractivity contribution is 7.22. The molecule has 0 radical (unpaired) electrons. The predicted molar refractivity (Wildman–Crippen MR) is 267 cm³/mol. The van der Waals surface area contributed by atoms with Gasteiger partial charge >= 0.3 is 18.0 Å². The van der Waals surface area contributed by atoms with Gasteiger partial charge in [-0.25, -0.2) is 24.4 Å². The number of nitrogens with one attached hydrogen (secondary N) is 1. The summed E-state index contributed by atoms with van der Waals surface area (Å²) in [6, 6.07) is 17.0. The lowest BCUT2D eigenvalue weighted by Crippen LogP contribution is -2.61. The van der Waals surface area contributed by atoms with Crippen LogP contribution in [0.1, 0.15) is 90.0 Å². The summed E-state index contributed by atoms with van der Waals surface area (Å²) in [5.41, 5.74) is 9.36. The Balaban J connectivity index is 0.817. The second kappa shape index (κ2) is 19.3. The number of carbonyl (C=O) groups excluding carboxylic acids is 3. The number of thiazole rings is 1. The van der Waals surface area contributed by atoms with Gasteiger partial charge in [-0.3, -0.25) is 19.6 Å². The number of carbonyl (C=O) groups is 5. The van der Waals surface area contributed by atoms with E-state index in [0.717, 1.165) is 52.7 Å². The standard InChI is InChI=1S/C52H60N8O13S/c1-28-32(30-11-12-38(56-39(30)45(66)67)59-15-13-29-7-6-8-31(33(29)20-59)44(65)57-47-55-34-9-4-5-10-36(34)74-47)19-54-60(28)27-51-23-49(2)22-50(3,25-51)52(24-49,26-51)72-18-17-58(16-14-37(53)61)48(70)71-21-35-40(62)41(63)42(64)43(73-35)46(68)69/h4-12,19,35,40-43,62-64H,13-18,20-27H2,1-3H3,(H2,53,61)(H,66,67)(H,68,69)(H,55,57,65)/t35-,40-,41+,42-,43-,49?,50?,51?,52?/m0/s1. The van der Waals surface area contributed by atoms with E-state index >= 15 is 0 Å². The number of rotatable bonds is 17. The zero-order valence-electron chi connectivity index (χ0n) is 41.2. The van der Waals surface area contributed by atoms with Crippen molar-refractivity contribution < 1.29 is 63.7 Å². The minimum absolute atomic E-state index is 0.0102. The SMILES string of the molecule is Cc1c(-c2ccc(N3CCc4cccc(C(=O)Nc5nc6ccccc6s5)c4C3)nc2C(=O)O)cnn1CC12CC3(C)CC(C)(C1)C(OCCN(CCC(N)=O)C(=O)OC[C@@H]1O[C@H](C(=O)O)[C@@H](O)[C@H](O)[C@H]1O)(C3)C2. The summed E-state index contributed by atoms with van der Waals surface area (Å²) in [5.74, 6) is -3.20. The van der Waals surface area contributed by atoms with Gasteiger partial charge in [0.2, 0.25) is 5.91 Å². The molecule has 9 atom stereocenters. The number of aliphatic hydroxyl groups excluding tert-OH is 3. The number of fused-ring (bicyclic) bond motifs is 2. The van der Waals surface area contributed by atoms with Crippen molar-refractivity contribution in [2.45, 2.75) is 115 Å². The fourth-order valence-electron chi connectivity index (χ4n) is 13.4. The molecule has 8 N–H and O–H groups in total. The van der Waals surface area contributed by atoms with Crippen LogP contribution < -0.4 is 16.0 Å². The minimum Gasteiger partial charge on any atom is -0.479 e. The third-order valence-electron chi connectivity index (χ3n) is 16.1. The number of nitrogens with zero attached hydrogens (tertiary/aromatic N) is 6. The van der Waals surface area contributed by atoms with Gasteiger partial charge in [0.15, 0.2) is 16.9 Å². The van der Waals surface area contributed by atoms with Crippen LogP contribution in [0.5, 0.6) is 0 Å². The fourth-order valence-corrected chi connectivity index (χ4v) is 14.2. The highest BCUT2D eigenvalue weighted by Crippen LogP contribution is 2.77. The maximum atomic E-state index is 13.7. The summed E-state index contributed by atoms with van der Waals surface area (Å²) in [5, 5.41) is 59.1. The highest BCUT2D eigenvalue weighted by atomic mass is 32.1. The molecule has 2 aliphatic heterocycles. The van der Waals surface area contributed by atoms with E-state index in [0.29, 0.717) is 60.1 Å². The van der Waals surface area contributed by atoms with E-state index in [-0.39, 0.29) is 54.0 Å². The van der Waals surface area contributed by atoms with Crippen molar-refractivity contribution in [3.8, 4) is 11.1 Å². The Morgan fingerprint density at radius 3 is 2.47 bits per heavy atom. The number of hydrogen-bond donors (Lipinski definition) is 7. The van der Waals surface area contributed by atoms with Gasteiger partial charge in [0.25, 0.3) is 5.91 Å². The average Bonchev–Trinajstić information content (AvgIpc) is 4.08. The Morgan fingerprint density at radius 2 is 1.72 bits per heavy atom. The lowest BCUT2D eigenvalue weighted by molar-refractivity contribution is -0.233. The summed E-state index contributed by atoms with van der Waals surface area (Å²) in [7, 11) is 0. The molecular weight excluding hydrogens is 977 g/mol. The summed E-state index contributed by atoms with van der Waals surface area (Å²) in [6.45, 7) is 7.28. The van der Waals surface area contributed by atoms with Crippen molar-refractivity contribution in [3.63, 3.8) is 0 Å². The van der Waals surface area contributed by atoms with Gasteiger partial charge in [-0.05, 0) is 103 Å². The molecule has 74 heavy (non-hydrogen) atoms. The van der Waals surface area contributed by atoms with Gasteiger partial charge in [-0.15, -0.1) is 0 Å². The van der Waals surface area contributed by atoms with Crippen molar-refractivity contribution in [3.05, 3.63) is 88.9 Å². The van der Waals surface area contributed by atoms with Gasteiger partial charge in [0.1, 0.15) is 36.8 Å². The zero-order valence-corrected chi connectivity index (χ0v) is 42.0. The van der Waals surface area contributed by atoms with E-state index in [4.69, 9.17) is 30.0 Å². The number of carboxylic acid groups (broad SMARTS) is 2. The van der Waals surface area contributed by atoms with Gasteiger partial charge in [0, 0.05) is 61.5 Å². The first-order valence-electron chi connectivity index (χ1n) is 24.8. The highest BCUT2D eigenvalue weighted by Gasteiger charge is 2.74. The molecule has 4 bridgehead atoms. The number of aromatic nitrogens is 4. The first-order valence-corrected chi connectivity index (χ1v) is 25.6. The van der Waals surface area contributed by atoms with Crippen LogP contribution in [0.15, 0.2) is 60.8 Å². The Kier molecular flexibility index (Phi) is 13.3. The molecule has 3 aromatic heterocycles. The quantitative estimate of drug-likeness (QED) is 0.0680. The molecule has 5 fully saturated rings. The monoisotopic (exact) mass is 1040 g/mol. The molecule has 1 saturated heterocycles. The predicted octanol–water partition coefficient (Wildman–Crippen LogP) is 4.37. The van der Waals surface area contributed by atoms with Crippen LogP contribution in [0.4, 0.5) is 15.7 Å². The number of aromatic carboxylic acids is 1. The number of aliphatic carboxylic acids is 1. The van der Waals surface area contributed by atoms with Gasteiger partial charge in [0.05, 0.1) is 28.6 Å². The molecule has 392 valence electrons. The number of nitrogens with two attached hydrogens (primary N) is 1. The van der Waals surface area contributed by atoms with E-state index < -0.39 is 66.7 Å². The number of hydrogen-bond acceptors (Lipinski definition) is 16. The second-order valence-electron chi connectivity index (χ2n) is 21.5. The number of aliphatic hydroxyl groups is 3. The number of pyridine rings is 1. The number of ether oxygens (including phenoxy) is 3. The zero-order chi connectivity index (χ0) is 52.5. The first kappa shape index (κ1) is 50.9. The molecule has 0 spiro atoms. The van der Waals surface area contributed by atoms with E-state index in [1.807, 2.05) is 59.0 Å². The first-order chi connectivity index (χ1) is 35.2. The maximum absolute atomic E-state index is 13.7. The molecule has 5 aromatic rings. The Hall–Kier alpha value is -6.56. The minimum atomic E-state index is -1.90. The largest absolute Gasteiger partial charge is 0.479 e. The smallest absolute Gasteiger partial charge is 0.409 e. The van der Waals surface area contributed by atoms with Crippen LogP contribution in [0.2, 0.25) is 0 Å². The molecule has 11 rings (SSSR count). The van der Waals surface area contributed by atoms with Crippen molar-refractivity contribution in [2.75, 3.05) is 43.1 Å². The van der Waals surface area contributed by atoms with E-state index in [1.54, 1.807) is 18.3 Å². The van der Waals surface area contributed by atoms with E-state index in [2.05, 4.69) is 24.1 Å². The number of para-hydroxylation sites is 1. The van der Waals surface area contributed by atoms with Crippen LogP contribution >= 0.6 is 11.3 Å². The Labute approximate surface area is 429 Å². The Morgan fingerprint density at radius 1 is 0.919 bits per heavy atom. The van der Waals surface area contributed by atoms with Crippen LogP contribution in [0.3, 0.4) is 0 Å². The third-order valence-corrected chi connectivity index (χ3v) is 17.1. The number of anilines is 2. The van der Waals surface area contributed by atoms with Crippen LogP contribution in [0.25, 0.3) is 21.3 Å². The molecule has 2 aromatic carbocycles. The lowest BCUT2D eigenvalue weighted by atomic mass is 9.60. The molecule has 4 saturated carbocycles. The van der Waals surface area contributed by atoms with Gasteiger partial charge < -0.3 is 55.3 Å². The average molecular weight is 1040 g/mol. The molecule has 4 aliphatic carbocycles. The summed E-state index contributed by atoms with van der Waals surface area (Å²) in [6.07, 6.45) is -3.38.